The molecule has 22 heavy (non-hydrogen) atoms. The third-order valence-electron chi connectivity index (χ3n) is 3.61. The molecule has 2 heterocycles. The predicted octanol–water partition coefficient (Wildman–Crippen LogP) is 1.98. The molecule has 7 heteroatoms. The van der Waals surface area contributed by atoms with Gasteiger partial charge in [0.15, 0.2) is 5.82 Å². The molecule has 0 amide bonds. The van der Waals surface area contributed by atoms with E-state index in [2.05, 4.69) is 39.7 Å². The Labute approximate surface area is 129 Å². The van der Waals surface area contributed by atoms with Gasteiger partial charge in [-0.1, -0.05) is 35.4 Å². The molecule has 2 aromatic heterocycles. The number of nitrogens with zero attached hydrogens (tertiary/aromatic N) is 7. The van der Waals surface area contributed by atoms with Gasteiger partial charge in [-0.25, -0.2) is 4.68 Å². The average Bonchev–Trinajstić information content (AvgIpc) is 3.16. The van der Waals surface area contributed by atoms with E-state index in [9.17, 15) is 0 Å². The van der Waals surface area contributed by atoms with Crippen LogP contribution in [0.15, 0.2) is 42.6 Å². The molecule has 0 fully saturated rings. The lowest BCUT2D eigenvalue weighted by molar-refractivity contribution is 0.476. The quantitative estimate of drug-likeness (QED) is 0.720. The van der Waals surface area contributed by atoms with Gasteiger partial charge in [0, 0.05) is 26.4 Å². The monoisotopic (exact) mass is 297 g/mol. The average molecular weight is 297 g/mol. The van der Waals surface area contributed by atoms with E-state index in [4.69, 9.17) is 0 Å². The standard InChI is InChI=1S/C15H19N7/c1-12(11-13-7-5-4-6-8-13)22-15(16-18-19-22)21(3)14-9-10-20(2)17-14/h4-10,12H,11H2,1-3H3. The van der Waals surface area contributed by atoms with Gasteiger partial charge in [0.25, 0.3) is 5.95 Å². The van der Waals surface area contributed by atoms with E-state index in [1.165, 1.54) is 5.56 Å². The van der Waals surface area contributed by atoms with Gasteiger partial charge < -0.3 is 0 Å². The van der Waals surface area contributed by atoms with Crippen LogP contribution in [0.5, 0.6) is 0 Å². The molecular formula is C15H19N7. The van der Waals surface area contributed by atoms with Crippen LogP contribution < -0.4 is 4.90 Å². The molecule has 0 aliphatic heterocycles. The van der Waals surface area contributed by atoms with E-state index in [0.29, 0.717) is 5.95 Å². The molecule has 0 N–H and O–H groups in total. The van der Waals surface area contributed by atoms with Gasteiger partial charge in [-0.05, 0) is 29.3 Å². The van der Waals surface area contributed by atoms with Crippen LogP contribution in [-0.2, 0) is 13.5 Å². The summed E-state index contributed by atoms with van der Waals surface area (Å²) in [5.74, 6) is 1.49. The maximum Gasteiger partial charge on any atom is 0.251 e. The van der Waals surface area contributed by atoms with Crippen molar-refractivity contribution < 1.29 is 0 Å². The molecule has 0 radical (unpaired) electrons. The Hall–Kier alpha value is -2.70. The van der Waals surface area contributed by atoms with Crippen LogP contribution in [0.1, 0.15) is 18.5 Å². The highest BCUT2D eigenvalue weighted by Gasteiger charge is 2.19. The first-order chi connectivity index (χ1) is 10.6. The second-order valence-electron chi connectivity index (χ2n) is 5.37. The maximum absolute atomic E-state index is 4.38. The van der Waals surface area contributed by atoms with Crippen LogP contribution in [0.2, 0.25) is 0 Å². The maximum atomic E-state index is 4.38. The van der Waals surface area contributed by atoms with Gasteiger partial charge >= 0.3 is 0 Å². The molecule has 0 saturated carbocycles. The number of hydrogen-bond donors (Lipinski definition) is 0. The number of aromatic nitrogens is 6. The molecule has 0 spiro atoms. The first-order valence-electron chi connectivity index (χ1n) is 7.20. The van der Waals surface area contributed by atoms with Crippen molar-refractivity contribution in [1.29, 1.82) is 0 Å². The van der Waals surface area contributed by atoms with Crippen molar-refractivity contribution in [3.05, 3.63) is 48.2 Å². The van der Waals surface area contributed by atoms with Gasteiger partial charge in [-0.3, -0.25) is 9.58 Å². The van der Waals surface area contributed by atoms with Gasteiger partial charge in [0.05, 0.1) is 6.04 Å². The summed E-state index contributed by atoms with van der Waals surface area (Å²) in [4.78, 5) is 1.89. The fourth-order valence-corrected chi connectivity index (χ4v) is 2.42. The summed E-state index contributed by atoms with van der Waals surface area (Å²) in [5, 5.41) is 16.5. The molecule has 3 aromatic rings. The number of rotatable bonds is 5. The molecule has 0 aliphatic carbocycles. The van der Waals surface area contributed by atoms with Crippen LogP contribution in [0, 0.1) is 0 Å². The lowest BCUT2D eigenvalue weighted by Crippen LogP contribution is -2.20. The Morgan fingerprint density at radius 1 is 1.18 bits per heavy atom. The first-order valence-corrected chi connectivity index (χ1v) is 7.20. The van der Waals surface area contributed by atoms with E-state index in [1.807, 2.05) is 54.1 Å². The smallest absolute Gasteiger partial charge is 0.251 e. The lowest BCUT2D eigenvalue weighted by atomic mass is 10.1. The fraction of sp³-hybridized carbons (Fsp3) is 0.333. The Bertz CT molecular complexity index is 731. The molecule has 1 unspecified atom stereocenters. The molecular weight excluding hydrogens is 278 g/mol. The highest BCUT2D eigenvalue weighted by Crippen LogP contribution is 2.22. The molecule has 1 atom stereocenters. The van der Waals surface area contributed by atoms with E-state index >= 15 is 0 Å². The van der Waals surface area contributed by atoms with E-state index in [1.54, 1.807) is 4.68 Å². The minimum atomic E-state index is 0.151. The van der Waals surface area contributed by atoms with Crippen molar-refractivity contribution in [3.63, 3.8) is 0 Å². The normalized spacial score (nSPS) is 12.3. The third kappa shape index (κ3) is 2.83. The zero-order valence-electron chi connectivity index (χ0n) is 13.0. The van der Waals surface area contributed by atoms with Gasteiger partial charge in [-0.2, -0.15) is 5.10 Å². The number of aryl methyl sites for hydroxylation is 1. The molecule has 0 bridgehead atoms. The van der Waals surface area contributed by atoms with Crippen molar-refractivity contribution in [2.75, 3.05) is 11.9 Å². The summed E-state index contributed by atoms with van der Waals surface area (Å²) in [6.45, 7) is 2.11. The van der Waals surface area contributed by atoms with Gasteiger partial charge in [0.1, 0.15) is 0 Å². The Balaban J connectivity index is 1.82. The van der Waals surface area contributed by atoms with Crippen LogP contribution in [0.3, 0.4) is 0 Å². The van der Waals surface area contributed by atoms with Crippen molar-refractivity contribution in [3.8, 4) is 0 Å². The minimum Gasteiger partial charge on any atom is -0.295 e. The van der Waals surface area contributed by atoms with E-state index < -0.39 is 0 Å². The van der Waals surface area contributed by atoms with Crippen molar-refractivity contribution in [2.45, 2.75) is 19.4 Å². The van der Waals surface area contributed by atoms with Crippen LogP contribution in [-0.4, -0.2) is 37.0 Å². The second-order valence-corrected chi connectivity index (χ2v) is 5.37. The Morgan fingerprint density at radius 2 is 1.95 bits per heavy atom. The van der Waals surface area contributed by atoms with Gasteiger partial charge in [-0.15, -0.1) is 0 Å². The van der Waals surface area contributed by atoms with Crippen LogP contribution in [0.25, 0.3) is 0 Å². The van der Waals surface area contributed by atoms with Crippen molar-refractivity contribution in [2.24, 2.45) is 7.05 Å². The highest BCUT2D eigenvalue weighted by atomic mass is 15.6. The fourth-order valence-electron chi connectivity index (χ4n) is 2.42. The molecule has 114 valence electrons. The molecule has 0 aliphatic rings. The SMILES string of the molecule is CC(Cc1ccccc1)n1nnnc1N(C)c1ccn(C)n1. The predicted molar refractivity (Wildman–Crippen MR) is 83.9 cm³/mol. The summed E-state index contributed by atoms with van der Waals surface area (Å²) in [6.07, 6.45) is 2.77. The Morgan fingerprint density at radius 3 is 2.64 bits per heavy atom. The minimum absolute atomic E-state index is 0.151. The zero-order chi connectivity index (χ0) is 15.5. The molecule has 0 saturated heterocycles. The lowest BCUT2D eigenvalue weighted by Gasteiger charge is -2.19. The number of hydrogen-bond acceptors (Lipinski definition) is 5. The summed E-state index contributed by atoms with van der Waals surface area (Å²) < 4.78 is 3.59. The van der Waals surface area contributed by atoms with Crippen LogP contribution >= 0.6 is 0 Å². The summed E-state index contributed by atoms with van der Waals surface area (Å²) in [5.41, 5.74) is 1.26. The summed E-state index contributed by atoms with van der Waals surface area (Å²) in [7, 11) is 3.80. The van der Waals surface area contributed by atoms with Crippen molar-refractivity contribution >= 4 is 11.8 Å². The molecule has 7 nitrogen and oxygen atoms in total. The number of tetrazole rings is 1. The highest BCUT2D eigenvalue weighted by molar-refractivity contribution is 5.50. The summed E-state index contributed by atoms with van der Waals surface area (Å²) >= 11 is 0. The largest absolute Gasteiger partial charge is 0.295 e. The summed E-state index contributed by atoms with van der Waals surface area (Å²) in [6, 6.07) is 12.4. The van der Waals surface area contributed by atoms with Crippen LogP contribution in [0.4, 0.5) is 11.8 Å². The van der Waals surface area contributed by atoms with E-state index in [-0.39, 0.29) is 6.04 Å². The topological polar surface area (TPSA) is 64.7 Å². The first kappa shape index (κ1) is 14.2. The zero-order valence-corrected chi connectivity index (χ0v) is 13.0. The second kappa shape index (κ2) is 5.97. The third-order valence-corrected chi connectivity index (χ3v) is 3.61. The van der Waals surface area contributed by atoms with Gasteiger partial charge in [0.2, 0.25) is 0 Å². The molecule has 1 aromatic carbocycles. The van der Waals surface area contributed by atoms with E-state index in [0.717, 1.165) is 12.2 Å². The molecule has 3 rings (SSSR count). The Kier molecular flexibility index (Phi) is 3.86. The van der Waals surface area contributed by atoms with Crippen molar-refractivity contribution in [1.82, 2.24) is 30.0 Å². The number of anilines is 2. The number of benzene rings is 1.